The van der Waals surface area contributed by atoms with E-state index in [0.717, 1.165) is 11.4 Å². The molecule has 1 unspecified atom stereocenters. The van der Waals surface area contributed by atoms with Crippen molar-refractivity contribution in [3.05, 3.63) is 53.4 Å². The molecule has 1 aromatic carbocycles. The molecule has 0 aliphatic rings. The van der Waals surface area contributed by atoms with Gasteiger partial charge in [-0.2, -0.15) is 0 Å². The molecule has 4 nitrogen and oxygen atoms in total. The van der Waals surface area contributed by atoms with Crippen molar-refractivity contribution < 1.29 is 9.18 Å². The molecule has 0 bridgehead atoms. The van der Waals surface area contributed by atoms with E-state index >= 15 is 0 Å². The van der Waals surface area contributed by atoms with E-state index in [2.05, 4.69) is 10.3 Å². The molecule has 1 amide bonds. The molecule has 5 heteroatoms. The number of carbonyl (C=O) groups is 1. The summed E-state index contributed by atoms with van der Waals surface area (Å²) in [6.07, 6.45) is 3.73. The first kappa shape index (κ1) is 16.2. The molecule has 0 fully saturated rings. The van der Waals surface area contributed by atoms with Gasteiger partial charge < -0.3 is 9.88 Å². The fourth-order valence-corrected chi connectivity index (χ4v) is 2.43. The van der Waals surface area contributed by atoms with Gasteiger partial charge in [-0.1, -0.05) is 19.9 Å². The Labute approximate surface area is 130 Å². The lowest BCUT2D eigenvalue weighted by Crippen LogP contribution is -2.34. The lowest BCUT2D eigenvalue weighted by Gasteiger charge is -2.22. The second-order valence-corrected chi connectivity index (χ2v) is 5.93. The number of amides is 1. The molecule has 0 saturated heterocycles. The summed E-state index contributed by atoms with van der Waals surface area (Å²) in [4.78, 5) is 16.6. The maximum atomic E-state index is 13.3. The van der Waals surface area contributed by atoms with Crippen LogP contribution in [0.15, 0.2) is 30.6 Å². The second kappa shape index (κ2) is 6.73. The number of imidazole rings is 1. The van der Waals surface area contributed by atoms with Crippen LogP contribution < -0.4 is 5.32 Å². The second-order valence-electron chi connectivity index (χ2n) is 5.93. The Hall–Kier alpha value is -2.17. The van der Waals surface area contributed by atoms with Crippen molar-refractivity contribution in [1.29, 1.82) is 0 Å². The third-order valence-electron chi connectivity index (χ3n) is 3.78. The molecule has 2 aromatic rings. The average Bonchev–Trinajstić information content (AvgIpc) is 2.86. The Kier molecular flexibility index (Phi) is 4.96. The molecule has 1 atom stereocenters. The van der Waals surface area contributed by atoms with Crippen LogP contribution in [0.5, 0.6) is 0 Å². The number of aromatic nitrogens is 2. The molecular weight excluding hydrogens is 281 g/mol. The third-order valence-corrected chi connectivity index (χ3v) is 3.78. The standard InChI is InChI=1S/C17H22FN3O/c1-11(2)16(17-19-7-8-21(17)4)20-15(22)10-13-9-14(18)6-5-12(13)3/h5-9,11,16H,10H2,1-4H3,(H,20,22). The molecule has 0 spiro atoms. The average molecular weight is 303 g/mol. The van der Waals surface area contributed by atoms with E-state index in [4.69, 9.17) is 0 Å². The minimum Gasteiger partial charge on any atom is -0.346 e. The molecule has 2 rings (SSSR count). The highest BCUT2D eigenvalue weighted by molar-refractivity contribution is 5.79. The highest BCUT2D eigenvalue weighted by Crippen LogP contribution is 2.20. The topological polar surface area (TPSA) is 46.9 Å². The van der Waals surface area contributed by atoms with Crippen LogP contribution in [0.25, 0.3) is 0 Å². The van der Waals surface area contributed by atoms with Crippen molar-refractivity contribution in [2.24, 2.45) is 13.0 Å². The highest BCUT2D eigenvalue weighted by atomic mass is 19.1. The maximum absolute atomic E-state index is 13.3. The van der Waals surface area contributed by atoms with Gasteiger partial charge in [0.2, 0.25) is 5.91 Å². The van der Waals surface area contributed by atoms with Crippen molar-refractivity contribution in [3.63, 3.8) is 0 Å². The number of hydrogen-bond acceptors (Lipinski definition) is 2. The van der Waals surface area contributed by atoms with E-state index in [1.807, 2.05) is 38.6 Å². The van der Waals surface area contributed by atoms with Crippen LogP contribution in [-0.2, 0) is 18.3 Å². The first-order valence-electron chi connectivity index (χ1n) is 7.40. The Morgan fingerprint density at radius 1 is 1.41 bits per heavy atom. The number of rotatable bonds is 5. The lowest BCUT2D eigenvalue weighted by molar-refractivity contribution is -0.121. The van der Waals surface area contributed by atoms with Crippen molar-refractivity contribution in [3.8, 4) is 0 Å². The van der Waals surface area contributed by atoms with E-state index in [-0.39, 0.29) is 30.1 Å². The first-order valence-corrected chi connectivity index (χ1v) is 7.40. The van der Waals surface area contributed by atoms with Gasteiger partial charge in [0.05, 0.1) is 12.5 Å². The van der Waals surface area contributed by atoms with Gasteiger partial charge >= 0.3 is 0 Å². The predicted octanol–water partition coefficient (Wildman–Crippen LogP) is 2.92. The molecular formula is C17H22FN3O. The number of aryl methyl sites for hydroxylation is 2. The van der Waals surface area contributed by atoms with E-state index < -0.39 is 0 Å². The van der Waals surface area contributed by atoms with Crippen molar-refractivity contribution in [2.75, 3.05) is 0 Å². The molecule has 0 aliphatic heterocycles. The maximum Gasteiger partial charge on any atom is 0.225 e. The van der Waals surface area contributed by atoms with Crippen molar-refractivity contribution in [2.45, 2.75) is 33.2 Å². The first-order chi connectivity index (χ1) is 10.4. The minimum absolute atomic E-state index is 0.129. The fourth-order valence-electron chi connectivity index (χ4n) is 2.43. The van der Waals surface area contributed by atoms with Gasteiger partial charge in [0.25, 0.3) is 0 Å². The summed E-state index contributed by atoms with van der Waals surface area (Å²) in [5, 5.41) is 3.01. The van der Waals surface area contributed by atoms with Crippen LogP contribution in [-0.4, -0.2) is 15.5 Å². The summed E-state index contributed by atoms with van der Waals surface area (Å²) in [6, 6.07) is 4.35. The minimum atomic E-state index is -0.321. The van der Waals surface area contributed by atoms with E-state index in [9.17, 15) is 9.18 Å². The molecule has 0 saturated carbocycles. The molecule has 1 N–H and O–H groups in total. The van der Waals surface area contributed by atoms with Crippen LogP contribution in [0, 0.1) is 18.7 Å². The Balaban J connectivity index is 2.12. The van der Waals surface area contributed by atoms with Gasteiger partial charge in [-0.15, -0.1) is 0 Å². The Morgan fingerprint density at radius 3 is 2.73 bits per heavy atom. The monoisotopic (exact) mass is 303 g/mol. The number of benzene rings is 1. The number of nitrogens with one attached hydrogen (secondary N) is 1. The van der Waals surface area contributed by atoms with Crippen LogP contribution in [0.4, 0.5) is 4.39 Å². The summed E-state index contributed by atoms with van der Waals surface area (Å²) < 4.78 is 15.2. The smallest absolute Gasteiger partial charge is 0.225 e. The molecule has 118 valence electrons. The SMILES string of the molecule is Cc1ccc(F)cc1CC(=O)NC(c1nccn1C)C(C)C. The number of carbonyl (C=O) groups excluding carboxylic acids is 1. The summed E-state index contributed by atoms with van der Waals surface area (Å²) in [5.74, 6) is 0.575. The van der Waals surface area contributed by atoms with Crippen LogP contribution in [0.2, 0.25) is 0 Å². The molecule has 0 radical (unpaired) electrons. The van der Waals surface area contributed by atoms with E-state index in [1.165, 1.54) is 12.1 Å². The summed E-state index contributed by atoms with van der Waals surface area (Å²) in [6.45, 7) is 5.95. The van der Waals surface area contributed by atoms with Gasteiger partial charge in [-0.25, -0.2) is 9.37 Å². The molecule has 1 aromatic heterocycles. The van der Waals surface area contributed by atoms with Gasteiger partial charge in [-0.3, -0.25) is 4.79 Å². The predicted molar refractivity (Wildman–Crippen MR) is 83.8 cm³/mol. The highest BCUT2D eigenvalue weighted by Gasteiger charge is 2.22. The normalized spacial score (nSPS) is 12.5. The van der Waals surface area contributed by atoms with Gasteiger partial charge in [-0.05, 0) is 36.1 Å². The van der Waals surface area contributed by atoms with Crippen molar-refractivity contribution in [1.82, 2.24) is 14.9 Å². The van der Waals surface area contributed by atoms with Crippen molar-refractivity contribution >= 4 is 5.91 Å². The molecule has 1 heterocycles. The molecule has 0 aliphatic carbocycles. The molecule has 22 heavy (non-hydrogen) atoms. The van der Waals surface area contributed by atoms with Gasteiger partial charge in [0.1, 0.15) is 11.6 Å². The zero-order valence-electron chi connectivity index (χ0n) is 13.4. The van der Waals surface area contributed by atoms with Gasteiger partial charge in [0, 0.05) is 19.4 Å². The van der Waals surface area contributed by atoms with E-state index in [1.54, 1.807) is 12.3 Å². The summed E-state index contributed by atoms with van der Waals surface area (Å²) >= 11 is 0. The zero-order chi connectivity index (χ0) is 16.3. The van der Waals surface area contributed by atoms with Crippen LogP contribution in [0.3, 0.4) is 0 Å². The number of nitrogens with zero attached hydrogens (tertiary/aromatic N) is 2. The van der Waals surface area contributed by atoms with Crippen LogP contribution >= 0.6 is 0 Å². The zero-order valence-corrected chi connectivity index (χ0v) is 13.4. The lowest BCUT2D eigenvalue weighted by atomic mass is 10.0. The number of halogens is 1. The number of hydrogen-bond donors (Lipinski definition) is 1. The van der Waals surface area contributed by atoms with Crippen LogP contribution in [0.1, 0.15) is 36.8 Å². The quantitative estimate of drug-likeness (QED) is 0.923. The largest absolute Gasteiger partial charge is 0.346 e. The summed E-state index contributed by atoms with van der Waals surface area (Å²) in [7, 11) is 1.90. The van der Waals surface area contributed by atoms with E-state index in [0.29, 0.717) is 5.56 Å². The fraction of sp³-hybridized carbons (Fsp3) is 0.412. The van der Waals surface area contributed by atoms with Gasteiger partial charge in [0.15, 0.2) is 0 Å². The summed E-state index contributed by atoms with van der Waals surface area (Å²) in [5.41, 5.74) is 1.62. The Bertz CT molecular complexity index is 664. The third kappa shape index (κ3) is 3.72. The Morgan fingerprint density at radius 2 is 2.14 bits per heavy atom.